The fourth-order valence-corrected chi connectivity index (χ4v) is 3.56. The summed E-state index contributed by atoms with van der Waals surface area (Å²) < 4.78 is 5.59. The minimum absolute atomic E-state index is 0.526. The van der Waals surface area contributed by atoms with E-state index in [-0.39, 0.29) is 0 Å². The Morgan fingerprint density at radius 3 is 2.95 bits per heavy atom. The van der Waals surface area contributed by atoms with Crippen molar-refractivity contribution < 1.29 is 4.74 Å². The molecule has 2 heterocycles. The summed E-state index contributed by atoms with van der Waals surface area (Å²) in [5.41, 5.74) is 1.31. The second-order valence-corrected chi connectivity index (χ2v) is 6.74. The lowest BCUT2D eigenvalue weighted by Gasteiger charge is -2.19. The van der Waals surface area contributed by atoms with Gasteiger partial charge in [0.05, 0.1) is 17.3 Å². The smallest absolute Gasteiger partial charge is 0.0985 e. The van der Waals surface area contributed by atoms with Crippen molar-refractivity contribution in [3.63, 3.8) is 0 Å². The predicted octanol–water partition coefficient (Wildman–Crippen LogP) is 3.49. The number of thiazole rings is 1. The van der Waals surface area contributed by atoms with Crippen LogP contribution in [-0.2, 0) is 17.7 Å². The molecule has 1 N–H and O–H groups in total. The molecule has 1 aromatic heterocycles. The van der Waals surface area contributed by atoms with Gasteiger partial charge in [-0.2, -0.15) is 0 Å². The minimum Gasteiger partial charge on any atom is -0.381 e. The van der Waals surface area contributed by atoms with E-state index in [9.17, 15) is 0 Å². The van der Waals surface area contributed by atoms with Gasteiger partial charge >= 0.3 is 0 Å². The van der Waals surface area contributed by atoms with Gasteiger partial charge in [0.1, 0.15) is 0 Å². The number of hydrogen-bond acceptors (Lipinski definition) is 4. The van der Waals surface area contributed by atoms with Gasteiger partial charge in [0.15, 0.2) is 0 Å². The number of ether oxygens (including phenoxy) is 1. The first kappa shape index (κ1) is 14.9. The molecule has 0 spiro atoms. The number of hydrogen-bond donors (Lipinski definition) is 1. The van der Waals surface area contributed by atoms with Crippen LogP contribution in [-0.4, -0.2) is 24.2 Å². The van der Waals surface area contributed by atoms with Crippen LogP contribution in [0.2, 0.25) is 0 Å². The molecule has 0 aliphatic carbocycles. The lowest BCUT2D eigenvalue weighted by molar-refractivity contribution is 0.0803. The van der Waals surface area contributed by atoms with Gasteiger partial charge in [0.25, 0.3) is 0 Å². The van der Waals surface area contributed by atoms with E-state index in [1.54, 1.807) is 0 Å². The summed E-state index contributed by atoms with van der Waals surface area (Å²) in [6.45, 7) is 9.34. The van der Waals surface area contributed by atoms with Crippen molar-refractivity contribution in [1.29, 1.82) is 0 Å². The summed E-state index contributed by atoms with van der Waals surface area (Å²) in [6, 6.07) is 0.526. The second kappa shape index (κ2) is 7.36. The molecule has 0 bridgehead atoms. The quantitative estimate of drug-likeness (QED) is 0.867. The molecule has 1 aliphatic rings. The van der Waals surface area contributed by atoms with Crippen molar-refractivity contribution in [2.75, 3.05) is 13.2 Å². The summed E-state index contributed by atoms with van der Waals surface area (Å²) in [5.74, 6) is 0.530. The van der Waals surface area contributed by atoms with Gasteiger partial charge in [-0.3, -0.25) is 0 Å². The first-order valence-electron chi connectivity index (χ1n) is 7.50. The molecule has 108 valence electrons. The van der Waals surface area contributed by atoms with Crippen LogP contribution < -0.4 is 5.32 Å². The normalized spacial score (nSPS) is 20.1. The minimum atomic E-state index is 0.526. The maximum absolute atomic E-state index is 5.59. The Labute approximate surface area is 120 Å². The molecule has 0 amide bonds. The summed E-state index contributed by atoms with van der Waals surface area (Å²) >= 11 is 1.89. The van der Waals surface area contributed by atoms with Crippen molar-refractivity contribution in [2.45, 2.75) is 65.0 Å². The Morgan fingerprint density at radius 2 is 2.32 bits per heavy atom. The van der Waals surface area contributed by atoms with Crippen molar-refractivity contribution in [3.8, 4) is 0 Å². The number of nitrogens with one attached hydrogen (secondary N) is 1. The van der Waals surface area contributed by atoms with Gasteiger partial charge in [0.2, 0.25) is 0 Å². The van der Waals surface area contributed by atoms with Crippen LogP contribution in [0.15, 0.2) is 0 Å². The topological polar surface area (TPSA) is 34.1 Å². The SMILES string of the molecule is CCCc1nc(C2CCCOC2)sc1CNC(C)C. The van der Waals surface area contributed by atoms with Crippen LogP contribution in [0.5, 0.6) is 0 Å². The highest BCUT2D eigenvalue weighted by atomic mass is 32.1. The van der Waals surface area contributed by atoms with Gasteiger partial charge in [-0.05, 0) is 19.3 Å². The van der Waals surface area contributed by atoms with Crippen molar-refractivity contribution >= 4 is 11.3 Å². The summed E-state index contributed by atoms with van der Waals surface area (Å²) in [4.78, 5) is 6.33. The molecule has 4 heteroatoms. The molecule has 3 nitrogen and oxygen atoms in total. The third kappa shape index (κ3) is 4.26. The van der Waals surface area contributed by atoms with Crippen molar-refractivity contribution in [3.05, 3.63) is 15.6 Å². The Morgan fingerprint density at radius 1 is 1.47 bits per heavy atom. The summed E-state index contributed by atoms with van der Waals surface area (Å²) in [7, 11) is 0. The molecule has 1 atom stereocenters. The molecule has 0 saturated carbocycles. The Bertz CT molecular complexity index is 383. The molecular weight excluding hydrogens is 256 g/mol. The number of aromatic nitrogens is 1. The Hall–Kier alpha value is -0.450. The second-order valence-electron chi connectivity index (χ2n) is 5.62. The standard InChI is InChI=1S/C15H26N2OS/c1-4-6-13-14(9-16-11(2)3)19-15(17-13)12-7-5-8-18-10-12/h11-12,16H,4-10H2,1-3H3. The molecule has 1 aliphatic heterocycles. The third-order valence-electron chi connectivity index (χ3n) is 3.46. The average Bonchev–Trinajstić information content (AvgIpc) is 2.81. The van der Waals surface area contributed by atoms with Crippen LogP contribution >= 0.6 is 11.3 Å². The average molecular weight is 282 g/mol. The maximum Gasteiger partial charge on any atom is 0.0985 e. The molecule has 1 saturated heterocycles. The zero-order valence-corrected chi connectivity index (χ0v) is 13.2. The highest BCUT2D eigenvalue weighted by Gasteiger charge is 2.21. The molecule has 0 radical (unpaired) electrons. The summed E-state index contributed by atoms with van der Waals surface area (Å²) in [5, 5.41) is 4.81. The van der Waals surface area contributed by atoms with Gasteiger partial charge in [-0.25, -0.2) is 4.98 Å². The lowest BCUT2D eigenvalue weighted by Crippen LogP contribution is -2.21. The van der Waals surface area contributed by atoms with Crippen molar-refractivity contribution in [2.24, 2.45) is 0 Å². The highest BCUT2D eigenvalue weighted by Crippen LogP contribution is 2.31. The largest absolute Gasteiger partial charge is 0.381 e. The zero-order valence-electron chi connectivity index (χ0n) is 12.4. The molecular formula is C15H26N2OS. The lowest BCUT2D eigenvalue weighted by atomic mass is 10.0. The zero-order chi connectivity index (χ0) is 13.7. The Balaban J connectivity index is 2.08. The van der Waals surface area contributed by atoms with E-state index in [0.29, 0.717) is 12.0 Å². The van der Waals surface area contributed by atoms with Crippen LogP contribution in [0.3, 0.4) is 0 Å². The molecule has 2 rings (SSSR count). The number of nitrogens with zero attached hydrogens (tertiary/aromatic N) is 1. The number of rotatable bonds is 6. The van der Waals surface area contributed by atoms with E-state index in [2.05, 4.69) is 26.1 Å². The third-order valence-corrected chi connectivity index (χ3v) is 4.72. The van der Waals surface area contributed by atoms with Crippen LogP contribution in [0.1, 0.15) is 61.5 Å². The van der Waals surface area contributed by atoms with E-state index in [0.717, 1.165) is 26.2 Å². The maximum atomic E-state index is 5.59. The number of aryl methyl sites for hydroxylation is 1. The molecule has 19 heavy (non-hydrogen) atoms. The fraction of sp³-hybridized carbons (Fsp3) is 0.800. The van der Waals surface area contributed by atoms with E-state index >= 15 is 0 Å². The van der Waals surface area contributed by atoms with Gasteiger partial charge in [-0.15, -0.1) is 11.3 Å². The molecule has 1 fully saturated rings. The molecule has 0 aromatic carbocycles. The van der Waals surface area contributed by atoms with Crippen LogP contribution in [0.4, 0.5) is 0 Å². The highest BCUT2D eigenvalue weighted by molar-refractivity contribution is 7.11. The van der Waals surface area contributed by atoms with Crippen LogP contribution in [0, 0.1) is 0 Å². The van der Waals surface area contributed by atoms with E-state index in [1.807, 2.05) is 11.3 Å². The van der Waals surface area contributed by atoms with Crippen molar-refractivity contribution in [1.82, 2.24) is 10.3 Å². The van der Waals surface area contributed by atoms with Gasteiger partial charge < -0.3 is 10.1 Å². The Kier molecular flexibility index (Phi) is 5.79. The predicted molar refractivity (Wildman–Crippen MR) is 80.9 cm³/mol. The first-order valence-corrected chi connectivity index (χ1v) is 8.32. The van der Waals surface area contributed by atoms with E-state index < -0.39 is 0 Å². The molecule has 1 aromatic rings. The van der Waals surface area contributed by atoms with Crippen LogP contribution in [0.25, 0.3) is 0 Å². The van der Waals surface area contributed by atoms with E-state index in [1.165, 1.54) is 34.8 Å². The fourth-order valence-electron chi connectivity index (χ4n) is 2.38. The molecule has 1 unspecified atom stereocenters. The first-order chi connectivity index (χ1) is 9.20. The van der Waals surface area contributed by atoms with Gasteiger partial charge in [-0.1, -0.05) is 27.2 Å². The van der Waals surface area contributed by atoms with Gasteiger partial charge in [0, 0.05) is 30.0 Å². The van der Waals surface area contributed by atoms with E-state index in [4.69, 9.17) is 9.72 Å². The monoisotopic (exact) mass is 282 g/mol. The summed E-state index contributed by atoms with van der Waals surface area (Å²) in [6.07, 6.45) is 4.67.